The van der Waals surface area contributed by atoms with Crippen molar-refractivity contribution in [2.75, 3.05) is 25.5 Å². The lowest BCUT2D eigenvalue weighted by atomic mass is 10.1. The molecule has 1 atom stereocenters. The Kier molecular flexibility index (Phi) is 7.62. The molecule has 8 nitrogen and oxygen atoms in total. The highest BCUT2D eigenvalue weighted by Gasteiger charge is 2.21. The zero-order valence-corrected chi connectivity index (χ0v) is 18.8. The molecule has 0 aliphatic carbocycles. The third-order valence-corrected chi connectivity index (χ3v) is 5.03. The van der Waals surface area contributed by atoms with Crippen LogP contribution in [0.3, 0.4) is 0 Å². The van der Waals surface area contributed by atoms with Crippen molar-refractivity contribution in [2.24, 2.45) is 4.99 Å². The lowest BCUT2D eigenvalue weighted by Crippen LogP contribution is -2.47. The summed E-state index contributed by atoms with van der Waals surface area (Å²) in [5.41, 5.74) is 0.990. The second-order valence-corrected chi connectivity index (χ2v) is 7.18. The van der Waals surface area contributed by atoms with Gasteiger partial charge in [-0.15, -0.1) is 35.3 Å². The summed E-state index contributed by atoms with van der Waals surface area (Å²) in [6.07, 6.45) is 1.97. The highest BCUT2D eigenvalue weighted by atomic mass is 127. The molecule has 0 aromatic carbocycles. The minimum absolute atomic E-state index is 0. The van der Waals surface area contributed by atoms with Gasteiger partial charge in [-0.3, -0.25) is 0 Å². The van der Waals surface area contributed by atoms with Gasteiger partial charge in [0.25, 0.3) is 0 Å². The summed E-state index contributed by atoms with van der Waals surface area (Å²) in [6, 6.07) is 0.305. The molecule has 1 aliphatic heterocycles. The average Bonchev–Trinajstić information content (AvgIpc) is 3.18. The number of guanidine groups is 1. The predicted octanol–water partition coefficient (Wildman–Crippen LogP) is 1.80. The lowest BCUT2D eigenvalue weighted by Gasteiger charge is -2.25. The van der Waals surface area contributed by atoms with Crippen molar-refractivity contribution in [3.63, 3.8) is 0 Å². The van der Waals surface area contributed by atoms with Crippen LogP contribution in [0.1, 0.15) is 30.7 Å². The number of thiazole rings is 1. The summed E-state index contributed by atoms with van der Waals surface area (Å²) in [7, 11) is 4.00. The fourth-order valence-electron chi connectivity index (χ4n) is 2.80. The standard InChI is InChI=1S/C16H26N8S.HI/c1-5-17-15(18-8-13-10-25-16(21-13)23(3)4)20-12-6-7-14-19-11(2)22-24(14)9-12;/h10,12H,5-9H2,1-4H3,(H2,17,18,20);1H. The molecule has 0 spiro atoms. The van der Waals surface area contributed by atoms with Crippen LogP contribution in [-0.4, -0.2) is 52.4 Å². The van der Waals surface area contributed by atoms with Crippen molar-refractivity contribution in [2.45, 2.75) is 45.8 Å². The van der Waals surface area contributed by atoms with Gasteiger partial charge in [-0.1, -0.05) is 0 Å². The van der Waals surface area contributed by atoms with Gasteiger partial charge in [0.1, 0.15) is 11.6 Å². The molecule has 3 rings (SSSR count). The van der Waals surface area contributed by atoms with E-state index in [2.05, 4.69) is 43.0 Å². The number of aryl methyl sites for hydroxylation is 2. The molecule has 2 aromatic rings. The Morgan fingerprint density at radius 2 is 2.23 bits per heavy atom. The van der Waals surface area contributed by atoms with Crippen molar-refractivity contribution in [3.8, 4) is 0 Å². The minimum Gasteiger partial charge on any atom is -0.357 e. The number of hydrogen-bond acceptors (Lipinski definition) is 6. The molecule has 0 bridgehead atoms. The Hall–Kier alpha value is -1.43. The molecule has 2 N–H and O–H groups in total. The Balaban J connectivity index is 0.00000243. The van der Waals surface area contributed by atoms with Crippen LogP contribution in [0.4, 0.5) is 5.13 Å². The van der Waals surface area contributed by atoms with Gasteiger partial charge >= 0.3 is 0 Å². The largest absolute Gasteiger partial charge is 0.357 e. The Morgan fingerprint density at radius 1 is 1.42 bits per heavy atom. The van der Waals surface area contributed by atoms with Crippen LogP contribution in [0.5, 0.6) is 0 Å². The first-order chi connectivity index (χ1) is 12.0. The maximum absolute atomic E-state index is 4.69. The van der Waals surface area contributed by atoms with Crippen LogP contribution >= 0.6 is 35.3 Å². The smallest absolute Gasteiger partial charge is 0.191 e. The number of nitrogens with one attached hydrogen (secondary N) is 2. The highest BCUT2D eigenvalue weighted by Crippen LogP contribution is 2.18. The van der Waals surface area contributed by atoms with Crippen LogP contribution in [0.25, 0.3) is 0 Å². The SMILES string of the molecule is CCNC(=NCc1csc(N(C)C)n1)NC1CCc2nc(C)nn2C1.I. The van der Waals surface area contributed by atoms with Gasteiger partial charge in [0, 0.05) is 38.5 Å². The summed E-state index contributed by atoms with van der Waals surface area (Å²) < 4.78 is 2.00. The molecule has 10 heteroatoms. The molecule has 1 unspecified atom stereocenters. The van der Waals surface area contributed by atoms with Gasteiger partial charge < -0.3 is 15.5 Å². The van der Waals surface area contributed by atoms with E-state index in [9.17, 15) is 0 Å². The van der Waals surface area contributed by atoms with Crippen LogP contribution in [0.15, 0.2) is 10.4 Å². The second-order valence-electron chi connectivity index (χ2n) is 6.35. The van der Waals surface area contributed by atoms with Crippen LogP contribution in [-0.2, 0) is 19.5 Å². The third-order valence-electron chi connectivity index (χ3n) is 3.97. The van der Waals surface area contributed by atoms with E-state index in [1.807, 2.05) is 30.6 Å². The highest BCUT2D eigenvalue weighted by molar-refractivity contribution is 14.0. The number of aliphatic imine (C=N–C) groups is 1. The van der Waals surface area contributed by atoms with Crippen molar-refractivity contribution in [1.29, 1.82) is 0 Å². The molecule has 0 fully saturated rings. The van der Waals surface area contributed by atoms with Crippen molar-refractivity contribution in [1.82, 2.24) is 30.4 Å². The number of aromatic nitrogens is 4. The minimum atomic E-state index is 0. The van der Waals surface area contributed by atoms with Crippen molar-refractivity contribution in [3.05, 3.63) is 22.7 Å². The normalized spacial score (nSPS) is 16.6. The van der Waals surface area contributed by atoms with Gasteiger partial charge in [-0.05, 0) is 20.3 Å². The lowest BCUT2D eigenvalue weighted by molar-refractivity contribution is 0.392. The van der Waals surface area contributed by atoms with Crippen LogP contribution in [0, 0.1) is 6.92 Å². The molecule has 26 heavy (non-hydrogen) atoms. The molecular formula is C16H27IN8S. The van der Waals surface area contributed by atoms with Crippen LogP contribution in [0.2, 0.25) is 0 Å². The van der Waals surface area contributed by atoms with E-state index in [1.165, 1.54) is 0 Å². The number of rotatable bonds is 5. The monoisotopic (exact) mass is 490 g/mol. The number of fused-ring (bicyclic) bond motifs is 1. The quantitative estimate of drug-likeness (QED) is 0.378. The predicted molar refractivity (Wildman–Crippen MR) is 117 cm³/mol. The number of hydrogen-bond donors (Lipinski definition) is 2. The second kappa shape index (κ2) is 9.49. The molecule has 0 amide bonds. The number of halogens is 1. The maximum Gasteiger partial charge on any atom is 0.191 e. The molecule has 3 heterocycles. The fourth-order valence-corrected chi connectivity index (χ4v) is 3.55. The fraction of sp³-hybridized carbons (Fsp3) is 0.625. The Morgan fingerprint density at radius 3 is 2.92 bits per heavy atom. The molecule has 0 radical (unpaired) electrons. The average molecular weight is 490 g/mol. The maximum atomic E-state index is 4.69. The first-order valence-corrected chi connectivity index (χ1v) is 9.50. The zero-order chi connectivity index (χ0) is 17.8. The van der Waals surface area contributed by atoms with Crippen molar-refractivity contribution >= 4 is 46.4 Å². The van der Waals surface area contributed by atoms with Crippen molar-refractivity contribution < 1.29 is 0 Å². The van der Waals surface area contributed by atoms with E-state index in [4.69, 9.17) is 0 Å². The molecular weight excluding hydrogens is 463 g/mol. The first-order valence-electron chi connectivity index (χ1n) is 8.62. The van der Waals surface area contributed by atoms with E-state index >= 15 is 0 Å². The Bertz CT molecular complexity index is 738. The summed E-state index contributed by atoms with van der Waals surface area (Å²) >= 11 is 1.64. The van der Waals surface area contributed by atoms with Gasteiger partial charge in [0.05, 0.1) is 18.8 Å². The van der Waals surface area contributed by atoms with Gasteiger partial charge in [-0.2, -0.15) is 5.10 Å². The topological polar surface area (TPSA) is 83.3 Å². The molecule has 0 saturated carbocycles. The number of anilines is 1. The van der Waals surface area contributed by atoms with Gasteiger partial charge in [-0.25, -0.2) is 19.6 Å². The first kappa shape index (κ1) is 20.9. The van der Waals surface area contributed by atoms with E-state index in [-0.39, 0.29) is 24.0 Å². The molecule has 2 aromatic heterocycles. The van der Waals surface area contributed by atoms with Crippen LogP contribution < -0.4 is 15.5 Å². The molecule has 1 aliphatic rings. The summed E-state index contributed by atoms with van der Waals surface area (Å²) in [4.78, 5) is 15.7. The summed E-state index contributed by atoms with van der Waals surface area (Å²) in [5, 5.41) is 14.4. The Labute approximate surface area is 175 Å². The molecule has 0 saturated heterocycles. The molecule has 144 valence electrons. The zero-order valence-electron chi connectivity index (χ0n) is 15.7. The van der Waals surface area contributed by atoms with E-state index in [0.717, 1.165) is 54.4 Å². The van der Waals surface area contributed by atoms with Gasteiger partial charge in [0.15, 0.2) is 11.1 Å². The summed E-state index contributed by atoms with van der Waals surface area (Å²) in [6.45, 7) is 6.23. The third kappa shape index (κ3) is 5.29. The van der Waals surface area contributed by atoms with E-state index in [1.54, 1.807) is 11.3 Å². The number of nitrogens with zero attached hydrogens (tertiary/aromatic N) is 6. The van der Waals surface area contributed by atoms with E-state index in [0.29, 0.717) is 12.6 Å². The van der Waals surface area contributed by atoms with Gasteiger partial charge in [0.2, 0.25) is 0 Å². The van der Waals surface area contributed by atoms with E-state index < -0.39 is 0 Å². The summed E-state index contributed by atoms with van der Waals surface area (Å²) in [5.74, 6) is 2.75.